The lowest BCUT2D eigenvalue weighted by Gasteiger charge is -2.37. The van der Waals surface area contributed by atoms with Crippen LogP contribution in [0.15, 0.2) is 24.3 Å². The number of benzene rings is 1. The van der Waals surface area contributed by atoms with Gasteiger partial charge in [0.1, 0.15) is 0 Å². The maximum Gasteiger partial charge on any atom is 0.231 e. The van der Waals surface area contributed by atoms with Gasteiger partial charge in [-0.25, -0.2) is 0 Å². The van der Waals surface area contributed by atoms with E-state index >= 15 is 0 Å². The molecule has 1 aromatic rings. The van der Waals surface area contributed by atoms with E-state index in [2.05, 4.69) is 12.2 Å². The third-order valence-corrected chi connectivity index (χ3v) is 4.56. The normalized spacial score (nSPS) is 27.0. The molecule has 2 rings (SSSR count). The van der Waals surface area contributed by atoms with Crippen LogP contribution >= 0.6 is 11.6 Å². The molecule has 1 fully saturated rings. The van der Waals surface area contributed by atoms with Crippen molar-refractivity contribution in [3.63, 3.8) is 0 Å². The molecule has 1 saturated carbocycles. The number of hydrogen-bond donors (Lipinski definition) is 2. The van der Waals surface area contributed by atoms with Crippen molar-refractivity contribution < 1.29 is 4.79 Å². The van der Waals surface area contributed by atoms with Crippen LogP contribution in [0.25, 0.3) is 0 Å². The third-order valence-electron chi connectivity index (χ3n) is 4.23. The Kier molecular flexibility index (Phi) is 4.48. The van der Waals surface area contributed by atoms with Crippen LogP contribution in [0.3, 0.4) is 0 Å². The highest BCUT2D eigenvalue weighted by atomic mass is 35.5. The van der Waals surface area contributed by atoms with Gasteiger partial charge in [-0.1, -0.05) is 30.7 Å². The summed E-state index contributed by atoms with van der Waals surface area (Å²) in [5.74, 6) is 0.697. The zero-order valence-electron chi connectivity index (χ0n) is 11.3. The Balaban J connectivity index is 2.12. The van der Waals surface area contributed by atoms with E-state index in [9.17, 15) is 4.79 Å². The van der Waals surface area contributed by atoms with Gasteiger partial charge in [0.05, 0.1) is 16.1 Å². The number of carbonyl (C=O) groups is 1. The zero-order valence-corrected chi connectivity index (χ0v) is 12.0. The molecule has 0 heterocycles. The standard InChI is InChI=1S/C15H21ClN2O/c1-11-6-8-15(10-17,9-7-11)14(19)18-13-5-3-2-4-12(13)16/h2-5,11H,6-10,17H2,1H3,(H,18,19). The maximum absolute atomic E-state index is 12.5. The van der Waals surface area contributed by atoms with Gasteiger partial charge < -0.3 is 11.1 Å². The zero-order chi connectivity index (χ0) is 13.9. The highest BCUT2D eigenvalue weighted by Crippen LogP contribution is 2.39. The lowest BCUT2D eigenvalue weighted by molar-refractivity contribution is -0.127. The van der Waals surface area contributed by atoms with Crippen molar-refractivity contribution in [1.29, 1.82) is 0 Å². The van der Waals surface area contributed by atoms with Crippen molar-refractivity contribution >= 4 is 23.2 Å². The number of hydrogen-bond acceptors (Lipinski definition) is 2. The fraction of sp³-hybridized carbons (Fsp3) is 0.533. The second kappa shape index (κ2) is 5.93. The van der Waals surface area contributed by atoms with Crippen LogP contribution in [0.4, 0.5) is 5.69 Å². The van der Waals surface area contributed by atoms with E-state index in [1.807, 2.05) is 18.2 Å². The lowest BCUT2D eigenvalue weighted by atomic mass is 9.70. The second-order valence-electron chi connectivity index (χ2n) is 5.60. The number of nitrogens with two attached hydrogens (primary N) is 1. The molecule has 0 aromatic heterocycles. The molecule has 4 heteroatoms. The summed E-state index contributed by atoms with van der Waals surface area (Å²) in [6.07, 6.45) is 3.85. The summed E-state index contributed by atoms with van der Waals surface area (Å²) in [7, 11) is 0. The molecule has 0 atom stereocenters. The molecular formula is C15H21ClN2O. The van der Waals surface area contributed by atoms with Gasteiger partial charge >= 0.3 is 0 Å². The SMILES string of the molecule is CC1CCC(CN)(C(=O)Nc2ccccc2Cl)CC1. The summed E-state index contributed by atoms with van der Waals surface area (Å²) in [4.78, 5) is 12.5. The van der Waals surface area contributed by atoms with Gasteiger partial charge in [0.15, 0.2) is 0 Å². The molecule has 1 aliphatic rings. The Bertz CT molecular complexity index is 453. The smallest absolute Gasteiger partial charge is 0.231 e. The topological polar surface area (TPSA) is 55.1 Å². The molecular weight excluding hydrogens is 260 g/mol. The van der Waals surface area contributed by atoms with E-state index in [-0.39, 0.29) is 5.91 Å². The number of para-hydroxylation sites is 1. The monoisotopic (exact) mass is 280 g/mol. The number of nitrogens with one attached hydrogen (secondary N) is 1. The summed E-state index contributed by atoms with van der Waals surface area (Å²) < 4.78 is 0. The number of halogens is 1. The fourth-order valence-corrected chi connectivity index (χ4v) is 2.84. The molecule has 19 heavy (non-hydrogen) atoms. The van der Waals surface area contributed by atoms with Gasteiger partial charge in [0.25, 0.3) is 0 Å². The number of amides is 1. The van der Waals surface area contributed by atoms with Crippen molar-refractivity contribution in [1.82, 2.24) is 0 Å². The summed E-state index contributed by atoms with van der Waals surface area (Å²) >= 11 is 6.07. The predicted octanol–water partition coefficient (Wildman–Crippen LogP) is 3.43. The van der Waals surface area contributed by atoms with Gasteiger partial charge in [0.2, 0.25) is 5.91 Å². The molecule has 104 valence electrons. The van der Waals surface area contributed by atoms with Crippen LogP contribution in [-0.2, 0) is 4.79 Å². The molecule has 0 spiro atoms. The van der Waals surface area contributed by atoms with Crippen LogP contribution in [0.5, 0.6) is 0 Å². The highest BCUT2D eigenvalue weighted by Gasteiger charge is 2.39. The Labute approximate surface area is 119 Å². The Morgan fingerprint density at radius 2 is 2.05 bits per heavy atom. The first-order valence-corrected chi connectivity index (χ1v) is 7.21. The van der Waals surface area contributed by atoms with Gasteiger partial charge in [0, 0.05) is 6.54 Å². The minimum Gasteiger partial charge on any atom is -0.329 e. The van der Waals surface area contributed by atoms with E-state index in [4.69, 9.17) is 17.3 Å². The number of rotatable bonds is 3. The van der Waals surface area contributed by atoms with Crippen molar-refractivity contribution in [2.75, 3.05) is 11.9 Å². The van der Waals surface area contributed by atoms with Crippen molar-refractivity contribution in [3.8, 4) is 0 Å². The minimum absolute atomic E-state index is 0.00926. The van der Waals surface area contributed by atoms with Crippen molar-refractivity contribution in [3.05, 3.63) is 29.3 Å². The van der Waals surface area contributed by atoms with Crippen molar-refractivity contribution in [2.45, 2.75) is 32.6 Å². The Morgan fingerprint density at radius 1 is 1.42 bits per heavy atom. The van der Waals surface area contributed by atoms with Gasteiger partial charge in [-0.05, 0) is 43.7 Å². The molecule has 0 radical (unpaired) electrons. The Morgan fingerprint density at radius 3 is 2.63 bits per heavy atom. The molecule has 0 bridgehead atoms. The van der Waals surface area contributed by atoms with Gasteiger partial charge in [-0.3, -0.25) is 4.79 Å². The Hall–Kier alpha value is -1.06. The van der Waals surface area contributed by atoms with E-state index in [1.165, 1.54) is 0 Å². The molecule has 0 unspecified atom stereocenters. The quantitative estimate of drug-likeness (QED) is 0.891. The number of anilines is 1. The average molecular weight is 281 g/mol. The van der Waals surface area contributed by atoms with Crippen LogP contribution in [0.2, 0.25) is 5.02 Å². The van der Waals surface area contributed by atoms with Gasteiger partial charge in [-0.15, -0.1) is 0 Å². The molecule has 1 aromatic carbocycles. The first-order chi connectivity index (χ1) is 9.07. The van der Waals surface area contributed by atoms with Crippen LogP contribution in [-0.4, -0.2) is 12.5 Å². The first-order valence-electron chi connectivity index (χ1n) is 6.83. The largest absolute Gasteiger partial charge is 0.329 e. The van der Waals surface area contributed by atoms with E-state index in [1.54, 1.807) is 6.07 Å². The van der Waals surface area contributed by atoms with Gasteiger partial charge in [-0.2, -0.15) is 0 Å². The summed E-state index contributed by atoms with van der Waals surface area (Å²) in [6.45, 7) is 2.63. The lowest BCUT2D eigenvalue weighted by Crippen LogP contribution is -2.44. The van der Waals surface area contributed by atoms with Crippen LogP contribution < -0.4 is 11.1 Å². The average Bonchev–Trinajstić information content (AvgIpc) is 2.42. The summed E-state index contributed by atoms with van der Waals surface area (Å²) in [5, 5.41) is 3.50. The number of carbonyl (C=O) groups excluding carboxylic acids is 1. The van der Waals surface area contributed by atoms with Crippen LogP contribution in [0.1, 0.15) is 32.6 Å². The minimum atomic E-state index is -0.425. The molecule has 0 aliphatic heterocycles. The van der Waals surface area contributed by atoms with E-state index in [0.717, 1.165) is 25.7 Å². The summed E-state index contributed by atoms with van der Waals surface area (Å²) in [5.41, 5.74) is 6.12. The predicted molar refractivity (Wildman–Crippen MR) is 79.2 cm³/mol. The molecule has 1 aliphatic carbocycles. The van der Waals surface area contributed by atoms with E-state index < -0.39 is 5.41 Å². The molecule has 3 N–H and O–H groups in total. The fourth-order valence-electron chi connectivity index (χ4n) is 2.66. The van der Waals surface area contributed by atoms with Crippen molar-refractivity contribution in [2.24, 2.45) is 17.1 Å². The third kappa shape index (κ3) is 3.10. The highest BCUT2D eigenvalue weighted by molar-refractivity contribution is 6.33. The molecule has 3 nitrogen and oxygen atoms in total. The molecule has 0 saturated heterocycles. The maximum atomic E-state index is 12.5. The van der Waals surface area contributed by atoms with E-state index in [0.29, 0.717) is 23.2 Å². The van der Waals surface area contributed by atoms with Crippen LogP contribution in [0, 0.1) is 11.3 Å². The first kappa shape index (κ1) is 14.4. The molecule has 1 amide bonds. The second-order valence-corrected chi connectivity index (χ2v) is 6.01. The summed E-state index contributed by atoms with van der Waals surface area (Å²) in [6, 6.07) is 7.30.